The lowest BCUT2D eigenvalue weighted by Gasteiger charge is -2.34. The summed E-state index contributed by atoms with van der Waals surface area (Å²) in [6.45, 7) is 5.58. The lowest BCUT2D eigenvalue weighted by atomic mass is 9.92. The van der Waals surface area contributed by atoms with Crippen LogP contribution in [0.1, 0.15) is 19.8 Å². The molecule has 1 heterocycles. The van der Waals surface area contributed by atoms with Crippen LogP contribution in [0.15, 0.2) is 29.2 Å². The van der Waals surface area contributed by atoms with Crippen LogP contribution in [0, 0.1) is 5.92 Å². The van der Waals surface area contributed by atoms with Gasteiger partial charge in [0, 0.05) is 19.1 Å². The summed E-state index contributed by atoms with van der Waals surface area (Å²) in [6.07, 6.45) is 2.37. The highest BCUT2D eigenvalue weighted by Crippen LogP contribution is 2.19. The number of piperidine rings is 1. The second-order valence-corrected chi connectivity index (χ2v) is 7.49. The average Bonchev–Trinajstić information content (AvgIpc) is 2.47. The molecule has 0 bridgehead atoms. The van der Waals surface area contributed by atoms with Gasteiger partial charge in [-0.15, -0.1) is 0 Å². The maximum absolute atomic E-state index is 11.2. The molecule has 1 aromatic rings. The third-order valence-electron chi connectivity index (χ3n) is 4.11. The maximum Gasteiger partial charge on any atom is 0.238 e. The Morgan fingerprint density at radius 1 is 1.36 bits per heavy atom. The molecule has 6 nitrogen and oxygen atoms in total. The maximum atomic E-state index is 11.2. The van der Waals surface area contributed by atoms with E-state index < -0.39 is 10.0 Å². The number of benzene rings is 1. The van der Waals surface area contributed by atoms with Crippen LogP contribution in [0.2, 0.25) is 0 Å². The summed E-state index contributed by atoms with van der Waals surface area (Å²) in [6, 6.07) is 6.39. The molecule has 2 rings (SSSR count). The molecule has 1 aliphatic heterocycles. The van der Waals surface area contributed by atoms with Crippen molar-refractivity contribution in [2.24, 2.45) is 16.8 Å². The number of hydrogen-bond donors (Lipinski definition) is 2. The van der Waals surface area contributed by atoms with Crippen LogP contribution in [-0.2, 0) is 10.0 Å². The SMILES string of the molecule is CC(N)C1CCCN(CCOc2ccc(S(N)(=O)=O)cc2)C1. The molecule has 22 heavy (non-hydrogen) atoms. The Labute approximate surface area is 132 Å². The molecular formula is C15H25N3O3S. The van der Waals surface area contributed by atoms with Gasteiger partial charge in [-0.05, 0) is 56.5 Å². The fourth-order valence-electron chi connectivity index (χ4n) is 2.74. The van der Waals surface area contributed by atoms with Crippen molar-refractivity contribution in [3.63, 3.8) is 0 Å². The molecule has 0 amide bonds. The quantitative estimate of drug-likeness (QED) is 0.804. The third kappa shape index (κ3) is 4.95. The van der Waals surface area contributed by atoms with Crippen molar-refractivity contribution in [1.29, 1.82) is 0 Å². The lowest BCUT2D eigenvalue weighted by Crippen LogP contribution is -2.43. The molecule has 1 aliphatic rings. The van der Waals surface area contributed by atoms with Gasteiger partial charge >= 0.3 is 0 Å². The summed E-state index contributed by atoms with van der Waals surface area (Å²) in [5, 5.41) is 5.06. The van der Waals surface area contributed by atoms with Gasteiger partial charge in [-0.2, -0.15) is 0 Å². The van der Waals surface area contributed by atoms with Gasteiger partial charge in [0.05, 0.1) is 4.90 Å². The van der Waals surface area contributed by atoms with Crippen molar-refractivity contribution in [1.82, 2.24) is 4.90 Å². The number of ether oxygens (including phenoxy) is 1. The van der Waals surface area contributed by atoms with E-state index in [4.69, 9.17) is 15.6 Å². The summed E-state index contributed by atoms with van der Waals surface area (Å²) in [7, 11) is -3.65. The largest absolute Gasteiger partial charge is 0.492 e. The van der Waals surface area contributed by atoms with Crippen molar-refractivity contribution in [3.8, 4) is 5.75 Å². The Morgan fingerprint density at radius 3 is 2.64 bits per heavy atom. The van der Waals surface area contributed by atoms with Gasteiger partial charge in [0.25, 0.3) is 0 Å². The van der Waals surface area contributed by atoms with Crippen LogP contribution in [-0.4, -0.2) is 45.6 Å². The molecule has 1 saturated heterocycles. The summed E-state index contributed by atoms with van der Waals surface area (Å²) in [4.78, 5) is 2.46. The van der Waals surface area contributed by atoms with E-state index >= 15 is 0 Å². The van der Waals surface area contributed by atoms with Gasteiger partial charge in [-0.3, -0.25) is 4.90 Å². The first-order valence-corrected chi connectivity index (χ1v) is 9.14. The topological polar surface area (TPSA) is 98.6 Å². The highest BCUT2D eigenvalue weighted by molar-refractivity contribution is 7.89. The molecule has 7 heteroatoms. The minimum Gasteiger partial charge on any atom is -0.492 e. The predicted octanol–water partition coefficient (Wildman–Crippen LogP) is 0.772. The molecule has 1 fully saturated rings. The molecule has 0 aliphatic carbocycles. The molecule has 2 atom stereocenters. The first kappa shape index (κ1) is 17.2. The number of hydrogen-bond acceptors (Lipinski definition) is 5. The monoisotopic (exact) mass is 327 g/mol. The molecule has 2 unspecified atom stereocenters. The van der Waals surface area contributed by atoms with E-state index in [1.807, 2.05) is 0 Å². The molecule has 0 aromatic heterocycles. The number of likely N-dealkylation sites (tertiary alicyclic amines) is 1. The highest BCUT2D eigenvalue weighted by Gasteiger charge is 2.22. The van der Waals surface area contributed by atoms with Crippen LogP contribution in [0.3, 0.4) is 0 Å². The van der Waals surface area contributed by atoms with E-state index in [1.54, 1.807) is 12.1 Å². The van der Waals surface area contributed by atoms with E-state index in [2.05, 4.69) is 11.8 Å². The van der Waals surface area contributed by atoms with Crippen molar-refractivity contribution < 1.29 is 13.2 Å². The van der Waals surface area contributed by atoms with Crippen molar-refractivity contribution in [2.75, 3.05) is 26.2 Å². The number of sulfonamides is 1. The number of nitrogens with two attached hydrogens (primary N) is 2. The van der Waals surface area contributed by atoms with Gasteiger partial charge in [-0.25, -0.2) is 13.6 Å². The normalized spacial score (nSPS) is 21.5. The smallest absolute Gasteiger partial charge is 0.238 e. The minimum atomic E-state index is -3.65. The minimum absolute atomic E-state index is 0.0932. The Balaban J connectivity index is 1.79. The third-order valence-corrected chi connectivity index (χ3v) is 5.04. The van der Waals surface area contributed by atoms with Gasteiger partial charge in [0.1, 0.15) is 12.4 Å². The van der Waals surface area contributed by atoms with Crippen LogP contribution < -0.4 is 15.6 Å². The molecule has 0 radical (unpaired) electrons. The Hall–Kier alpha value is -1.15. The van der Waals surface area contributed by atoms with Gasteiger partial charge in [-0.1, -0.05) is 0 Å². The molecule has 1 aromatic carbocycles. The fraction of sp³-hybridized carbons (Fsp3) is 0.600. The fourth-order valence-corrected chi connectivity index (χ4v) is 3.26. The molecule has 124 valence electrons. The number of primary sulfonamides is 1. The summed E-state index contributed by atoms with van der Waals surface area (Å²) >= 11 is 0. The standard InChI is InChI=1S/C15H25N3O3S/c1-12(16)13-3-2-8-18(11-13)9-10-21-14-4-6-15(7-5-14)22(17,19)20/h4-7,12-13H,2-3,8-11,16H2,1H3,(H2,17,19,20). The van der Waals surface area contributed by atoms with Crippen LogP contribution in [0.4, 0.5) is 0 Å². The van der Waals surface area contributed by atoms with Crippen molar-refractivity contribution in [2.45, 2.75) is 30.7 Å². The zero-order valence-corrected chi connectivity index (χ0v) is 13.8. The summed E-state index contributed by atoms with van der Waals surface area (Å²) in [5.41, 5.74) is 5.98. The molecular weight excluding hydrogens is 302 g/mol. The summed E-state index contributed by atoms with van der Waals surface area (Å²) < 4.78 is 28.0. The van der Waals surface area contributed by atoms with E-state index in [1.165, 1.54) is 25.0 Å². The molecule has 4 N–H and O–H groups in total. The molecule has 0 saturated carbocycles. The second-order valence-electron chi connectivity index (χ2n) is 5.93. The van der Waals surface area contributed by atoms with E-state index in [0.29, 0.717) is 18.3 Å². The van der Waals surface area contributed by atoms with Gasteiger partial charge in [0.2, 0.25) is 10.0 Å². The lowest BCUT2D eigenvalue weighted by molar-refractivity contribution is 0.137. The van der Waals surface area contributed by atoms with Gasteiger partial charge in [0.15, 0.2) is 0 Å². The number of nitrogens with zero attached hydrogens (tertiary/aromatic N) is 1. The van der Waals surface area contributed by atoms with Crippen molar-refractivity contribution in [3.05, 3.63) is 24.3 Å². The number of rotatable bonds is 6. The van der Waals surface area contributed by atoms with E-state index in [0.717, 1.165) is 19.6 Å². The second kappa shape index (κ2) is 7.41. The van der Waals surface area contributed by atoms with Crippen molar-refractivity contribution >= 4 is 10.0 Å². The average molecular weight is 327 g/mol. The zero-order chi connectivity index (χ0) is 16.2. The highest BCUT2D eigenvalue weighted by atomic mass is 32.2. The first-order valence-electron chi connectivity index (χ1n) is 7.60. The van der Waals surface area contributed by atoms with E-state index in [9.17, 15) is 8.42 Å². The van der Waals surface area contributed by atoms with Crippen LogP contribution in [0.5, 0.6) is 5.75 Å². The summed E-state index contributed by atoms with van der Waals surface area (Å²) in [5.74, 6) is 1.20. The zero-order valence-electron chi connectivity index (χ0n) is 12.9. The van der Waals surface area contributed by atoms with Crippen LogP contribution >= 0.6 is 0 Å². The Kier molecular flexibility index (Phi) is 5.80. The van der Waals surface area contributed by atoms with Gasteiger partial charge < -0.3 is 10.5 Å². The van der Waals surface area contributed by atoms with E-state index in [-0.39, 0.29) is 10.9 Å². The predicted molar refractivity (Wildman–Crippen MR) is 86.1 cm³/mol. The first-order chi connectivity index (χ1) is 10.4. The Bertz CT molecular complexity index is 572. The van der Waals surface area contributed by atoms with Crippen LogP contribution in [0.25, 0.3) is 0 Å². The molecule has 0 spiro atoms. The Morgan fingerprint density at radius 2 is 2.05 bits per heavy atom.